The maximum atomic E-state index is 13.7. The van der Waals surface area contributed by atoms with Crippen LogP contribution >= 0.6 is 27.5 Å². The number of amides is 1. The monoisotopic (exact) mass is 426 g/mol. The summed E-state index contributed by atoms with van der Waals surface area (Å²) >= 11 is 9.40. The minimum Gasteiger partial charge on any atom is -0.481 e. The summed E-state index contributed by atoms with van der Waals surface area (Å²) in [5.74, 6) is -0.571. The molecule has 2 aromatic carbocycles. The summed E-state index contributed by atoms with van der Waals surface area (Å²) in [4.78, 5) is 16.2. The van der Waals surface area contributed by atoms with Crippen LogP contribution in [-0.4, -0.2) is 43.6 Å². The number of hydrogen-bond acceptors (Lipinski definition) is 3. The zero-order valence-electron chi connectivity index (χ0n) is 13.4. The number of nitrogens with zero attached hydrogens (tertiary/aromatic N) is 2. The van der Waals surface area contributed by atoms with E-state index in [2.05, 4.69) is 20.8 Å². The van der Waals surface area contributed by atoms with E-state index in [0.717, 1.165) is 5.69 Å². The Labute approximate surface area is 159 Å². The topological polar surface area (TPSA) is 32.8 Å². The van der Waals surface area contributed by atoms with Crippen molar-refractivity contribution in [1.29, 1.82) is 0 Å². The van der Waals surface area contributed by atoms with E-state index in [1.165, 1.54) is 12.1 Å². The summed E-state index contributed by atoms with van der Waals surface area (Å²) in [7, 11) is 0. The Morgan fingerprint density at radius 1 is 1.16 bits per heavy atom. The number of carbonyl (C=O) groups excluding carboxylic acids is 1. The van der Waals surface area contributed by atoms with Crippen LogP contribution in [-0.2, 0) is 4.79 Å². The van der Waals surface area contributed by atoms with Gasteiger partial charge in [0.1, 0.15) is 0 Å². The Hall–Kier alpha value is -1.79. The van der Waals surface area contributed by atoms with E-state index in [9.17, 15) is 9.18 Å². The number of piperazine rings is 1. The molecule has 1 fully saturated rings. The fourth-order valence-corrected chi connectivity index (χ4v) is 3.32. The number of carbonyl (C=O) groups is 1. The van der Waals surface area contributed by atoms with Crippen LogP contribution < -0.4 is 9.64 Å². The van der Waals surface area contributed by atoms with Gasteiger partial charge in [0.25, 0.3) is 5.91 Å². The first kappa shape index (κ1) is 18.0. The number of rotatable bonds is 4. The molecule has 132 valence electrons. The summed E-state index contributed by atoms with van der Waals surface area (Å²) in [5.41, 5.74) is 0.976. The lowest BCUT2D eigenvalue weighted by Gasteiger charge is -2.36. The predicted molar refractivity (Wildman–Crippen MR) is 99.8 cm³/mol. The van der Waals surface area contributed by atoms with E-state index in [0.29, 0.717) is 35.7 Å². The molecule has 0 aromatic heterocycles. The van der Waals surface area contributed by atoms with Crippen LogP contribution in [0.1, 0.15) is 0 Å². The quantitative estimate of drug-likeness (QED) is 0.740. The summed E-state index contributed by atoms with van der Waals surface area (Å²) < 4.78 is 19.7. The third-order valence-corrected chi connectivity index (χ3v) is 4.88. The van der Waals surface area contributed by atoms with Gasteiger partial charge in [-0.1, -0.05) is 39.7 Å². The van der Waals surface area contributed by atoms with E-state index in [1.807, 2.05) is 24.3 Å². The van der Waals surface area contributed by atoms with Gasteiger partial charge in [0, 0.05) is 30.7 Å². The molecule has 1 heterocycles. The molecule has 1 amide bonds. The Kier molecular flexibility index (Phi) is 5.81. The van der Waals surface area contributed by atoms with Gasteiger partial charge in [-0.3, -0.25) is 4.79 Å². The van der Waals surface area contributed by atoms with Crippen LogP contribution in [0.3, 0.4) is 0 Å². The number of benzene rings is 2. The molecule has 1 saturated heterocycles. The van der Waals surface area contributed by atoms with Crippen LogP contribution in [0.2, 0.25) is 5.02 Å². The molecule has 1 aliphatic heterocycles. The van der Waals surface area contributed by atoms with Gasteiger partial charge in [0.15, 0.2) is 18.2 Å². The molecule has 0 unspecified atom stereocenters. The molecule has 0 aliphatic carbocycles. The van der Waals surface area contributed by atoms with Crippen LogP contribution in [0.4, 0.5) is 10.1 Å². The Morgan fingerprint density at radius 3 is 2.56 bits per heavy atom. The van der Waals surface area contributed by atoms with Crippen molar-refractivity contribution in [3.05, 3.63) is 57.8 Å². The van der Waals surface area contributed by atoms with Gasteiger partial charge < -0.3 is 14.5 Å². The fourth-order valence-electron chi connectivity index (χ4n) is 2.73. The highest BCUT2D eigenvalue weighted by Gasteiger charge is 2.22. The lowest BCUT2D eigenvalue weighted by Crippen LogP contribution is -2.50. The number of para-hydroxylation sites is 1. The van der Waals surface area contributed by atoms with Gasteiger partial charge >= 0.3 is 0 Å². The number of hydrogen-bond donors (Lipinski definition) is 0. The molecule has 25 heavy (non-hydrogen) atoms. The molecule has 1 aliphatic rings. The smallest absolute Gasteiger partial charge is 0.260 e. The highest BCUT2D eigenvalue weighted by molar-refractivity contribution is 9.10. The van der Waals surface area contributed by atoms with Crippen molar-refractivity contribution in [3.8, 4) is 5.75 Å². The van der Waals surface area contributed by atoms with E-state index in [1.54, 1.807) is 11.0 Å². The normalized spacial score (nSPS) is 14.5. The molecule has 0 saturated carbocycles. The van der Waals surface area contributed by atoms with Gasteiger partial charge in [0.05, 0.1) is 10.7 Å². The molecule has 0 bridgehead atoms. The summed E-state index contributed by atoms with van der Waals surface area (Å²) in [6.07, 6.45) is 0. The van der Waals surface area contributed by atoms with Gasteiger partial charge in [-0.05, 0) is 30.3 Å². The molecule has 0 atom stereocenters. The zero-order chi connectivity index (χ0) is 17.8. The van der Waals surface area contributed by atoms with Crippen molar-refractivity contribution in [2.75, 3.05) is 37.7 Å². The second-order valence-electron chi connectivity index (χ2n) is 5.68. The molecule has 0 radical (unpaired) electrons. The van der Waals surface area contributed by atoms with E-state index >= 15 is 0 Å². The fraction of sp³-hybridized carbons (Fsp3) is 0.278. The van der Waals surface area contributed by atoms with Crippen molar-refractivity contribution >= 4 is 39.1 Å². The van der Waals surface area contributed by atoms with Gasteiger partial charge in [-0.15, -0.1) is 0 Å². The molecule has 3 rings (SSSR count). The average Bonchev–Trinajstić information content (AvgIpc) is 2.61. The standard InChI is InChI=1S/C18H17BrClFN2O2/c19-13-5-6-17(15(21)11-13)25-12-18(24)23-9-7-22(8-10-23)16-4-2-1-3-14(16)20/h1-6,11H,7-10,12H2. The average molecular weight is 428 g/mol. The zero-order valence-corrected chi connectivity index (χ0v) is 15.8. The van der Waals surface area contributed by atoms with Crippen molar-refractivity contribution in [2.24, 2.45) is 0 Å². The van der Waals surface area contributed by atoms with Crippen molar-refractivity contribution in [3.63, 3.8) is 0 Å². The van der Waals surface area contributed by atoms with Gasteiger partial charge in [0.2, 0.25) is 0 Å². The molecule has 4 nitrogen and oxygen atoms in total. The van der Waals surface area contributed by atoms with Crippen LogP contribution in [0, 0.1) is 5.82 Å². The molecular formula is C18H17BrClFN2O2. The highest BCUT2D eigenvalue weighted by Crippen LogP contribution is 2.26. The van der Waals surface area contributed by atoms with Gasteiger partial charge in [-0.2, -0.15) is 0 Å². The molecule has 2 aromatic rings. The second-order valence-corrected chi connectivity index (χ2v) is 7.01. The lowest BCUT2D eigenvalue weighted by atomic mass is 10.2. The summed E-state index contributed by atoms with van der Waals surface area (Å²) in [6.45, 7) is 2.38. The van der Waals surface area contributed by atoms with Crippen molar-refractivity contribution < 1.29 is 13.9 Å². The Bertz CT molecular complexity index is 766. The molecule has 0 N–H and O–H groups in total. The lowest BCUT2D eigenvalue weighted by molar-refractivity contribution is -0.133. The first-order chi connectivity index (χ1) is 12.0. The SMILES string of the molecule is O=C(COc1ccc(Br)cc1F)N1CCN(c2ccccc2Cl)CC1. The van der Waals surface area contributed by atoms with Crippen molar-refractivity contribution in [2.45, 2.75) is 0 Å². The van der Waals surface area contributed by atoms with Crippen molar-refractivity contribution in [1.82, 2.24) is 4.90 Å². The Morgan fingerprint density at radius 2 is 1.88 bits per heavy atom. The predicted octanol–water partition coefficient (Wildman–Crippen LogP) is 3.97. The van der Waals surface area contributed by atoms with Gasteiger partial charge in [-0.25, -0.2) is 4.39 Å². The maximum absolute atomic E-state index is 13.7. The first-order valence-corrected chi connectivity index (χ1v) is 9.07. The summed E-state index contributed by atoms with van der Waals surface area (Å²) in [6, 6.07) is 12.1. The highest BCUT2D eigenvalue weighted by atomic mass is 79.9. The largest absolute Gasteiger partial charge is 0.481 e. The number of ether oxygens (including phenoxy) is 1. The molecule has 0 spiro atoms. The molecule has 7 heteroatoms. The Balaban J connectivity index is 1.52. The minimum absolute atomic E-state index is 0.0752. The minimum atomic E-state index is -0.495. The third kappa shape index (κ3) is 4.44. The maximum Gasteiger partial charge on any atom is 0.260 e. The van der Waals surface area contributed by atoms with Crippen LogP contribution in [0.15, 0.2) is 46.9 Å². The summed E-state index contributed by atoms with van der Waals surface area (Å²) in [5, 5.41) is 0.705. The van der Waals surface area contributed by atoms with E-state index in [-0.39, 0.29) is 18.3 Å². The van der Waals surface area contributed by atoms with Crippen LogP contribution in [0.5, 0.6) is 5.75 Å². The van der Waals surface area contributed by atoms with E-state index in [4.69, 9.17) is 16.3 Å². The number of halogens is 3. The molecular weight excluding hydrogens is 411 g/mol. The number of anilines is 1. The van der Waals surface area contributed by atoms with Crippen LogP contribution in [0.25, 0.3) is 0 Å². The third-order valence-electron chi connectivity index (χ3n) is 4.07. The van der Waals surface area contributed by atoms with E-state index < -0.39 is 5.82 Å². The first-order valence-electron chi connectivity index (χ1n) is 7.89. The second kappa shape index (κ2) is 8.06.